The van der Waals surface area contributed by atoms with Crippen LogP contribution in [0.15, 0.2) is 0 Å². The minimum absolute atomic E-state index is 0.524. The van der Waals surface area contributed by atoms with Gasteiger partial charge in [0.1, 0.15) is 16.5 Å². The van der Waals surface area contributed by atoms with Crippen molar-refractivity contribution in [2.75, 3.05) is 5.73 Å². The van der Waals surface area contributed by atoms with Crippen molar-refractivity contribution >= 4 is 27.4 Å². The highest BCUT2D eigenvalue weighted by molar-refractivity contribution is 7.19. The zero-order chi connectivity index (χ0) is 14.4. The number of aromatic nitrogens is 2. The van der Waals surface area contributed by atoms with E-state index in [1.54, 1.807) is 0 Å². The molecule has 0 spiro atoms. The Morgan fingerprint density at radius 2 is 1.95 bits per heavy atom. The number of nitrogen functional groups attached to an aromatic ring is 1. The average molecular weight is 301 g/mol. The van der Waals surface area contributed by atoms with Crippen LogP contribution < -0.4 is 5.73 Å². The Morgan fingerprint density at radius 3 is 2.71 bits per heavy atom. The number of hydrogen-bond donors (Lipinski definition) is 1. The fourth-order valence-electron chi connectivity index (χ4n) is 4.05. The molecule has 4 rings (SSSR count). The molecule has 0 aromatic carbocycles. The summed E-state index contributed by atoms with van der Waals surface area (Å²) in [4.78, 5) is 12.2. The maximum atomic E-state index is 6.29. The maximum Gasteiger partial charge on any atom is 0.136 e. The molecule has 0 amide bonds. The molecule has 1 fully saturated rings. The van der Waals surface area contributed by atoms with Crippen molar-refractivity contribution in [3.8, 4) is 0 Å². The summed E-state index contributed by atoms with van der Waals surface area (Å²) in [6, 6.07) is 0. The van der Waals surface area contributed by atoms with Gasteiger partial charge in [-0.15, -0.1) is 11.3 Å². The number of hydrogen-bond acceptors (Lipinski definition) is 4. The van der Waals surface area contributed by atoms with E-state index in [1.165, 1.54) is 60.8 Å². The van der Waals surface area contributed by atoms with E-state index in [-0.39, 0.29) is 0 Å². The van der Waals surface area contributed by atoms with E-state index in [9.17, 15) is 0 Å². The fraction of sp³-hybridized carbons (Fsp3) is 0.647. The second-order valence-electron chi connectivity index (χ2n) is 6.63. The normalized spacial score (nSPS) is 25.4. The molecule has 2 aromatic rings. The number of nitrogens with two attached hydrogens (primary N) is 1. The highest BCUT2D eigenvalue weighted by atomic mass is 32.1. The lowest BCUT2D eigenvalue weighted by atomic mass is 9.80. The Hall–Kier alpha value is -1.16. The summed E-state index contributed by atoms with van der Waals surface area (Å²) in [5.74, 6) is 3.17. The van der Waals surface area contributed by atoms with Crippen LogP contribution in [0.3, 0.4) is 0 Å². The van der Waals surface area contributed by atoms with Gasteiger partial charge in [-0.2, -0.15) is 0 Å². The molecule has 0 atom stereocenters. The average Bonchev–Trinajstić information content (AvgIpc) is 3.07. The van der Waals surface area contributed by atoms with E-state index in [4.69, 9.17) is 15.7 Å². The van der Waals surface area contributed by atoms with Crippen LogP contribution in [0.25, 0.3) is 10.2 Å². The largest absolute Gasteiger partial charge is 0.383 e. The van der Waals surface area contributed by atoms with Gasteiger partial charge in [-0.25, -0.2) is 9.97 Å². The number of thiophene rings is 1. The summed E-state index contributed by atoms with van der Waals surface area (Å²) in [5.41, 5.74) is 7.73. The van der Waals surface area contributed by atoms with Gasteiger partial charge >= 0.3 is 0 Å². The van der Waals surface area contributed by atoms with Crippen LogP contribution >= 0.6 is 11.3 Å². The Labute approximate surface area is 130 Å². The zero-order valence-corrected chi connectivity index (χ0v) is 13.5. The predicted molar refractivity (Wildman–Crippen MR) is 88.8 cm³/mol. The first-order valence-corrected chi connectivity index (χ1v) is 9.15. The monoisotopic (exact) mass is 301 g/mol. The van der Waals surface area contributed by atoms with Crippen LogP contribution in [-0.2, 0) is 12.8 Å². The third-order valence-electron chi connectivity index (χ3n) is 5.40. The Balaban J connectivity index is 1.68. The number of anilines is 1. The molecular weight excluding hydrogens is 278 g/mol. The summed E-state index contributed by atoms with van der Waals surface area (Å²) < 4.78 is 0. The van der Waals surface area contributed by atoms with Gasteiger partial charge in [-0.1, -0.05) is 13.3 Å². The van der Waals surface area contributed by atoms with Gasteiger partial charge in [0, 0.05) is 10.8 Å². The minimum atomic E-state index is 0.524. The molecule has 2 aliphatic carbocycles. The minimum Gasteiger partial charge on any atom is -0.383 e. The van der Waals surface area contributed by atoms with E-state index in [1.807, 2.05) is 11.3 Å². The molecule has 112 valence electrons. The number of rotatable bonds is 2. The molecular formula is C17H23N3S. The first-order chi connectivity index (χ1) is 10.3. The molecule has 4 heteroatoms. The molecule has 0 aliphatic heterocycles. The van der Waals surface area contributed by atoms with Crippen molar-refractivity contribution in [2.45, 2.75) is 64.2 Å². The Bertz CT molecular complexity index is 668. The van der Waals surface area contributed by atoms with Gasteiger partial charge in [0.25, 0.3) is 0 Å². The van der Waals surface area contributed by atoms with Crippen LogP contribution in [0.2, 0.25) is 0 Å². The van der Waals surface area contributed by atoms with E-state index < -0.39 is 0 Å². The molecule has 21 heavy (non-hydrogen) atoms. The lowest BCUT2D eigenvalue weighted by molar-refractivity contribution is 0.312. The van der Waals surface area contributed by atoms with Crippen LogP contribution in [0.1, 0.15) is 67.6 Å². The van der Waals surface area contributed by atoms with Crippen molar-refractivity contribution in [3.63, 3.8) is 0 Å². The second kappa shape index (κ2) is 5.24. The van der Waals surface area contributed by atoms with Crippen molar-refractivity contribution < 1.29 is 0 Å². The summed E-state index contributed by atoms with van der Waals surface area (Å²) >= 11 is 1.85. The molecule has 0 radical (unpaired) electrons. The first kappa shape index (κ1) is 13.5. The smallest absolute Gasteiger partial charge is 0.136 e. The standard InChI is InChI=1S/C17H23N3S/c1-2-10-6-8-11(9-7-10)16-19-15(18)14-12-4-3-5-13(12)21-17(14)20-16/h10-11H,2-9H2,1H3,(H2,18,19,20). The van der Waals surface area contributed by atoms with E-state index in [2.05, 4.69) is 6.92 Å². The third kappa shape index (κ3) is 2.24. The predicted octanol–water partition coefficient (Wildman–Crippen LogP) is 4.45. The van der Waals surface area contributed by atoms with Gasteiger partial charge in [0.2, 0.25) is 0 Å². The van der Waals surface area contributed by atoms with Crippen molar-refractivity contribution in [2.24, 2.45) is 5.92 Å². The SMILES string of the molecule is CCC1CCC(c2nc(N)c3c4c(sc3n2)CCC4)CC1. The van der Waals surface area contributed by atoms with Gasteiger partial charge in [0.15, 0.2) is 0 Å². The van der Waals surface area contributed by atoms with Crippen molar-refractivity contribution in [1.82, 2.24) is 9.97 Å². The summed E-state index contributed by atoms with van der Waals surface area (Å²) in [6.45, 7) is 2.30. The maximum absolute atomic E-state index is 6.29. The molecule has 2 heterocycles. The molecule has 2 aliphatic rings. The molecule has 2 N–H and O–H groups in total. The zero-order valence-electron chi connectivity index (χ0n) is 12.7. The van der Waals surface area contributed by atoms with Crippen molar-refractivity contribution in [1.29, 1.82) is 0 Å². The lowest BCUT2D eigenvalue weighted by Gasteiger charge is -2.26. The molecule has 0 saturated heterocycles. The highest BCUT2D eigenvalue weighted by Crippen LogP contribution is 2.41. The highest BCUT2D eigenvalue weighted by Gasteiger charge is 2.26. The molecule has 2 aromatic heterocycles. The van der Waals surface area contributed by atoms with Crippen molar-refractivity contribution in [3.05, 3.63) is 16.3 Å². The van der Waals surface area contributed by atoms with Crippen LogP contribution in [-0.4, -0.2) is 9.97 Å². The first-order valence-electron chi connectivity index (χ1n) is 8.34. The molecule has 0 bridgehead atoms. The second-order valence-corrected chi connectivity index (χ2v) is 7.71. The Kier molecular flexibility index (Phi) is 3.37. The number of nitrogens with zero attached hydrogens (tertiary/aromatic N) is 2. The summed E-state index contributed by atoms with van der Waals surface area (Å²) in [7, 11) is 0. The molecule has 0 unspecified atom stereocenters. The third-order valence-corrected chi connectivity index (χ3v) is 6.58. The van der Waals surface area contributed by atoms with E-state index in [0.29, 0.717) is 5.92 Å². The topological polar surface area (TPSA) is 51.8 Å². The molecule has 3 nitrogen and oxygen atoms in total. The molecule has 1 saturated carbocycles. The van der Waals surface area contributed by atoms with Gasteiger partial charge in [-0.05, 0) is 56.4 Å². The lowest BCUT2D eigenvalue weighted by Crippen LogP contribution is -2.15. The van der Waals surface area contributed by atoms with Gasteiger partial charge < -0.3 is 5.73 Å². The van der Waals surface area contributed by atoms with Crippen LogP contribution in [0.5, 0.6) is 0 Å². The number of fused-ring (bicyclic) bond motifs is 3. The van der Waals surface area contributed by atoms with Crippen LogP contribution in [0, 0.1) is 5.92 Å². The summed E-state index contributed by atoms with van der Waals surface area (Å²) in [5, 5.41) is 1.17. The van der Waals surface area contributed by atoms with E-state index in [0.717, 1.165) is 28.8 Å². The Morgan fingerprint density at radius 1 is 1.14 bits per heavy atom. The quantitative estimate of drug-likeness (QED) is 0.891. The fourth-order valence-corrected chi connectivity index (χ4v) is 5.33. The summed E-state index contributed by atoms with van der Waals surface area (Å²) in [6.07, 6.45) is 10.0. The number of aryl methyl sites for hydroxylation is 2. The van der Waals surface area contributed by atoms with Gasteiger partial charge in [0.05, 0.1) is 5.39 Å². The van der Waals surface area contributed by atoms with Gasteiger partial charge in [-0.3, -0.25) is 0 Å². The van der Waals surface area contributed by atoms with Crippen LogP contribution in [0.4, 0.5) is 5.82 Å². The van der Waals surface area contributed by atoms with E-state index >= 15 is 0 Å².